The Balaban J connectivity index is 2.35. The van der Waals surface area contributed by atoms with E-state index in [4.69, 9.17) is 32.5 Å². The smallest absolute Gasteiger partial charge is 0.248 e. The SMILES string of the molecule is COc1cc(C(N)=O)ccc1Oc1ccc(N)cc1Cl. The summed E-state index contributed by atoms with van der Waals surface area (Å²) in [4.78, 5) is 11.1. The van der Waals surface area contributed by atoms with Gasteiger partial charge in [-0.15, -0.1) is 0 Å². The number of rotatable bonds is 4. The monoisotopic (exact) mass is 292 g/mol. The molecular weight excluding hydrogens is 280 g/mol. The highest BCUT2D eigenvalue weighted by Gasteiger charge is 2.11. The lowest BCUT2D eigenvalue weighted by molar-refractivity contribution is 0.1000. The van der Waals surface area contributed by atoms with Crippen LogP contribution in [0.15, 0.2) is 36.4 Å². The van der Waals surface area contributed by atoms with E-state index in [0.717, 1.165) is 0 Å². The van der Waals surface area contributed by atoms with Crippen LogP contribution in [0, 0.1) is 0 Å². The number of hydrogen-bond acceptors (Lipinski definition) is 4. The Kier molecular flexibility index (Phi) is 4.00. The Labute approximate surface area is 121 Å². The Morgan fingerprint density at radius 3 is 2.40 bits per heavy atom. The van der Waals surface area contributed by atoms with Gasteiger partial charge in [0.05, 0.1) is 12.1 Å². The van der Waals surface area contributed by atoms with Gasteiger partial charge in [-0.25, -0.2) is 0 Å². The van der Waals surface area contributed by atoms with Crippen LogP contribution in [0.3, 0.4) is 0 Å². The van der Waals surface area contributed by atoms with Crippen molar-refractivity contribution in [1.29, 1.82) is 0 Å². The van der Waals surface area contributed by atoms with E-state index in [1.54, 1.807) is 30.3 Å². The van der Waals surface area contributed by atoms with Crippen LogP contribution in [0.25, 0.3) is 0 Å². The van der Waals surface area contributed by atoms with Crippen molar-refractivity contribution < 1.29 is 14.3 Å². The van der Waals surface area contributed by atoms with Crippen LogP contribution >= 0.6 is 11.6 Å². The molecule has 0 saturated carbocycles. The number of carbonyl (C=O) groups is 1. The maximum atomic E-state index is 11.1. The second-order valence-electron chi connectivity index (χ2n) is 4.02. The standard InChI is InChI=1S/C14H13ClN2O3/c1-19-13-6-8(14(17)18)2-4-12(13)20-11-5-3-9(16)7-10(11)15/h2-7H,16H2,1H3,(H2,17,18). The molecule has 2 rings (SSSR count). The molecule has 0 spiro atoms. The topological polar surface area (TPSA) is 87.6 Å². The van der Waals surface area contributed by atoms with Gasteiger partial charge < -0.3 is 20.9 Å². The fraction of sp³-hybridized carbons (Fsp3) is 0.0714. The number of amides is 1. The molecule has 2 aromatic rings. The number of primary amides is 1. The van der Waals surface area contributed by atoms with E-state index in [2.05, 4.69) is 0 Å². The van der Waals surface area contributed by atoms with Crippen molar-refractivity contribution in [3.8, 4) is 17.2 Å². The zero-order chi connectivity index (χ0) is 14.7. The molecule has 0 unspecified atom stereocenters. The maximum Gasteiger partial charge on any atom is 0.248 e. The van der Waals surface area contributed by atoms with Crippen LogP contribution in [-0.2, 0) is 0 Å². The van der Waals surface area contributed by atoms with Crippen LogP contribution in [0.2, 0.25) is 5.02 Å². The highest BCUT2D eigenvalue weighted by atomic mass is 35.5. The lowest BCUT2D eigenvalue weighted by Crippen LogP contribution is -2.10. The van der Waals surface area contributed by atoms with Crippen molar-refractivity contribution in [2.24, 2.45) is 5.73 Å². The number of halogens is 1. The zero-order valence-electron chi connectivity index (χ0n) is 10.7. The predicted molar refractivity (Wildman–Crippen MR) is 77.5 cm³/mol. The Bertz CT molecular complexity index is 659. The number of anilines is 1. The molecule has 4 N–H and O–H groups in total. The van der Waals surface area contributed by atoms with Crippen molar-refractivity contribution >= 4 is 23.2 Å². The quantitative estimate of drug-likeness (QED) is 0.848. The van der Waals surface area contributed by atoms with Crippen LogP contribution in [-0.4, -0.2) is 13.0 Å². The van der Waals surface area contributed by atoms with E-state index in [1.807, 2.05) is 0 Å². The highest BCUT2D eigenvalue weighted by molar-refractivity contribution is 6.32. The van der Waals surface area contributed by atoms with Gasteiger partial charge in [-0.05, 0) is 36.4 Å². The molecule has 0 atom stereocenters. The predicted octanol–water partition coefficient (Wildman–Crippen LogP) is 2.82. The highest BCUT2D eigenvalue weighted by Crippen LogP contribution is 2.36. The van der Waals surface area contributed by atoms with Crippen molar-refractivity contribution in [1.82, 2.24) is 0 Å². The third kappa shape index (κ3) is 2.95. The van der Waals surface area contributed by atoms with E-state index >= 15 is 0 Å². The van der Waals surface area contributed by atoms with Gasteiger partial charge in [0.2, 0.25) is 5.91 Å². The van der Waals surface area contributed by atoms with Crippen molar-refractivity contribution in [3.05, 3.63) is 47.0 Å². The molecule has 104 valence electrons. The second-order valence-corrected chi connectivity index (χ2v) is 4.43. The Morgan fingerprint density at radius 2 is 1.80 bits per heavy atom. The summed E-state index contributed by atoms with van der Waals surface area (Å²) in [5.74, 6) is 0.699. The summed E-state index contributed by atoms with van der Waals surface area (Å²) in [7, 11) is 1.47. The van der Waals surface area contributed by atoms with Gasteiger partial charge in [-0.3, -0.25) is 4.79 Å². The van der Waals surface area contributed by atoms with E-state index in [9.17, 15) is 4.79 Å². The number of nitrogens with two attached hydrogens (primary N) is 2. The minimum atomic E-state index is -0.541. The third-order valence-electron chi connectivity index (χ3n) is 2.62. The lowest BCUT2D eigenvalue weighted by atomic mass is 10.2. The molecule has 0 bridgehead atoms. The average molecular weight is 293 g/mol. The van der Waals surface area contributed by atoms with E-state index in [-0.39, 0.29) is 0 Å². The van der Waals surface area contributed by atoms with Crippen molar-refractivity contribution in [3.63, 3.8) is 0 Å². The zero-order valence-corrected chi connectivity index (χ0v) is 11.5. The summed E-state index contributed by atoms with van der Waals surface area (Å²) in [6, 6.07) is 9.55. The number of methoxy groups -OCH3 is 1. The molecule has 0 radical (unpaired) electrons. The van der Waals surface area contributed by atoms with E-state index < -0.39 is 5.91 Å². The fourth-order valence-electron chi connectivity index (χ4n) is 1.62. The van der Waals surface area contributed by atoms with Gasteiger partial charge in [0, 0.05) is 11.3 Å². The summed E-state index contributed by atoms with van der Waals surface area (Å²) in [5.41, 5.74) is 11.7. The maximum absolute atomic E-state index is 11.1. The molecule has 0 aromatic heterocycles. The molecule has 1 amide bonds. The van der Waals surface area contributed by atoms with Crippen LogP contribution < -0.4 is 20.9 Å². The Morgan fingerprint density at radius 1 is 1.10 bits per heavy atom. The van der Waals surface area contributed by atoms with Crippen molar-refractivity contribution in [2.75, 3.05) is 12.8 Å². The lowest BCUT2D eigenvalue weighted by Gasteiger charge is -2.12. The summed E-state index contributed by atoms with van der Waals surface area (Å²) < 4.78 is 10.8. The number of benzene rings is 2. The molecule has 2 aromatic carbocycles. The minimum Gasteiger partial charge on any atom is -0.493 e. The molecule has 0 saturated heterocycles. The third-order valence-corrected chi connectivity index (χ3v) is 2.92. The Hall–Kier alpha value is -2.40. The first-order valence-corrected chi connectivity index (χ1v) is 6.10. The van der Waals surface area contributed by atoms with E-state index in [0.29, 0.717) is 33.5 Å². The molecular formula is C14H13ClN2O3. The van der Waals surface area contributed by atoms with Gasteiger partial charge in [0.1, 0.15) is 5.75 Å². The first-order valence-electron chi connectivity index (χ1n) is 5.72. The van der Waals surface area contributed by atoms with Gasteiger partial charge in [0.15, 0.2) is 11.5 Å². The summed E-state index contributed by atoms with van der Waals surface area (Å²) >= 11 is 6.04. The molecule has 0 fully saturated rings. The summed E-state index contributed by atoms with van der Waals surface area (Å²) in [5, 5.41) is 0.381. The molecule has 5 nitrogen and oxygen atoms in total. The molecule has 6 heteroatoms. The van der Waals surface area contributed by atoms with Crippen molar-refractivity contribution in [2.45, 2.75) is 0 Å². The molecule has 20 heavy (non-hydrogen) atoms. The van der Waals surface area contributed by atoms with Gasteiger partial charge in [-0.2, -0.15) is 0 Å². The largest absolute Gasteiger partial charge is 0.493 e. The normalized spacial score (nSPS) is 10.1. The number of nitrogen functional groups attached to an aromatic ring is 1. The van der Waals surface area contributed by atoms with Crippen LogP contribution in [0.4, 0.5) is 5.69 Å². The van der Waals surface area contributed by atoms with Gasteiger partial charge >= 0.3 is 0 Å². The summed E-state index contributed by atoms with van der Waals surface area (Å²) in [6.45, 7) is 0. The fourth-order valence-corrected chi connectivity index (χ4v) is 1.85. The number of carbonyl (C=O) groups excluding carboxylic acids is 1. The average Bonchev–Trinajstić information content (AvgIpc) is 2.42. The van der Waals surface area contributed by atoms with Gasteiger partial charge in [0.25, 0.3) is 0 Å². The first kappa shape index (κ1) is 14.0. The molecule has 0 aliphatic heterocycles. The number of hydrogen-bond donors (Lipinski definition) is 2. The number of ether oxygens (including phenoxy) is 2. The minimum absolute atomic E-state index is 0.331. The molecule has 0 aliphatic carbocycles. The summed E-state index contributed by atoms with van der Waals surface area (Å²) in [6.07, 6.45) is 0. The molecule has 0 heterocycles. The second kappa shape index (κ2) is 5.71. The van der Waals surface area contributed by atoms with E-state index in [1.165, 1.54) is 13.2 Å². The van der Waals surface area contributed by atoms with Crippen LogP contribution in [0.1, 0.15) is 10.4 Å². The van der Waals surface area contributed by atoms with Crippen LogP contribution in [0.5, 0.6) is 17.2 Å². The molecule has 0 aliphatic rings. The van der Waals surface area contributed by atoms with Gasteiger partial charge in [-0.1, -0.05) is 11.6 Å². The first-order chi connectivity index (χ1) is 9.51.